The third-order valence-corrected chi connectivity index (χ3v) is 3.57. The van der Waals surface area contributed by atoms with E-state index in [9.17, 15) is 8.42 Å². The summed E-state index contributed by atoms with van der Waals surface area (Å²) in [6.07, 6.45) is 0. The topological polar surface area (TPSA) is 81.4 Å². The van der Waals surface area contributed by atoms with Crippen molar-refractivity contribution in [3.05, 3.63) is 29.8 Å². The molecule has 0 aliphatic heterocycles. The van der Waals surface area contributed by atoms with Crippen molar-refractivity contribution < 1.29 is 13.2 Å². The zero-order valence-corrected chi connectivity index (χ0v) is 11.5. The maximum absolute atomic E-state index is 12.0. The van der Waals surface area contributed by atoms with Crippen LogP contribution in [0.15, 0.2) is 34.7 Å². The first-order valence-corrected chi connectivity index (χ1v) is 7.08. The second-order valence-electron chi connectivity index (χ2n) is 3.48. The predicted molar refractivity (Wildman–Crippen MR) is 72.2 cm³/mol. The van der Waals surface area contributed by atoms with E-state index in [-0.39, 0.29) is 22.2 Å². The Morgan fingerprint density at radius 3 is 2.78 bits per heavy atom. The highest BCUT2D eigenvalue weighted by Gasteiger charge is 2.19. The first-order valence-electron chi connectivity index (χ1n) is 5.22. The van der Waals surface area contributed by atoms with Crippen LogP contribution in [0.2, 0.25) is 0 Å². The van der Waals surface area contributed by atoms with Crippen molar-refractivity contribution >= 4 is 27.3 Å². The molecule has 1 rings (SSSR count). The monoisotopic (exact) mass is 290 g/mol. The van der Waals surface area contributed by atoms with Crippen molar-refractivity contribution in [2.24, 2.45) is 0 Å². The number of nitrogens with two attached hydrogens (primary N) is 1. The second-order valence-corrected chi connectivity index (χ2v) is 5.75. The quantitative estimate of drug-likeness (QED) is 0.781. The van der Waals surface area contributed by atoms with E-state index < -0.39 is 10.0 Å². The minimum absolute atomic E-state index is 0.0118. The van der Waals surface area contributed by atoms with E-state index in [4.69, 9.17) is 22.1 Å². The van der Waals surface area contributed by atoms with Gasteiger partial charge in [-0.15, -0.1) is 0 Å². The van der Waals surface area contributed by atoms with Crippen LogP contribution in [0.25, 0.3) is 0 Å². The minimum atomic E-state index is -3.73. The average molecular weight is 291 g/mol. The van der Waals surface area contributed by atoms with E-state index in [2.05, 4.69) is 11.3 Å². The average Bonchev–Trinajstić information content (AvgIpc) is 2.29. The molecule has 18 heavy (non-hydrogen) atoms. The number of halogens is 1. The third kappa shape index (κ3) is 3.90. The number of rotatable bonds is 6. The summed E-state index contributed by atoms with van der Waals surface area (Å²) < 4.78 is 31.6. The summed E-state index contributed by atoms with van der Waals surface area (Å²) in [5.41, 5.74) is 5.92. The lowest BCUT2D eigenvalue weighted by atomic mass is 10.3. The smallest absolute Gasteiger partial charge is 0.244 e. The first-order chi connectivity index (χ1) is 8.36. The predicted octanol–water partition coefficient (Wildman–Crippen LogP) is 1.70. The Balaban J connectivity index is 3.13. The Morgan fingerprint density at radius 1 is 1.56 bits per heavy atom. The Bertz CT molecular complexity index is 543. The van der Waals surface area contributed by atoms with Gasteiger partial charge in [-0.1, -0.05) is 18.2 Å². The molecule has 0 unspecified atom stereocenters. The third-order valence-electron chi connectivity index (χ3n) is 2.01. The van der Waals surface area contributed by atoms with Gasteiger partial charge < -0.3 is 10.5 Å². The van der Waals surface area contributed by atoms with Crippen molar-refractivity contribution in [2.75, 3.05) is 18.9 Å². The normalized spacial score (nSPS) is 11.2. The zero-order chi connectivity index (χ0) is 13.8. The van der Waals surface area contributed by atoms with Crippen LogP contribution < -0.4 is 15.2 Å². The van der Waals surface area contributed by atoms with Crippen LogP contribution in [0.4, 0.5) is 5.69 Å². The molecule has 1 aromatic rings. The van der Waals surface area contributed by atoms with E-state index >= 15 is 0 Å². The molecular weight excluding hydrogens is 276 g/mol. The van der Waals surface area contributed by atoms with E-state index in [1.165, 1.54) is 12.1 Å². The maximum atomic E-state index is 12.0. The highest BCUT2D eigenvalue weighted by atomic mass is 35.5. The molecular formula is C11H15ClN2O3S. The molecule has 0 radical (unpaired) electrons. The van der Waals surface area contributed by atoms with Crippen molar-refractivity contribution in [1.82, 2.24) is 4.72 Å². The highest BCUT2D eigenvalue weighted by molar-refractivity contribution is 7.89. The van der Waals surface area contributed by atoms with Crippen LogP contribution >= 0.6 is 11.6 Å². The standard InChI is InChI=1S/C11H15ClN2O3S/c1-3-17-10-5-4-9(13)6-11(10)18(15,16)14-7-8(2)12/h4-6,14H,2-3,7,13H2,1H3. The minimum Gasteiger partial charge on any atom is -0.492 e. The molecule has 0 aromatic heterocycles. The van der Waals surface area contributed by atoms with Crippen molar-refractivity contribution in [1.29, 1.82) is 0 Å². The Kier molecular flexibility index (Phi) is 5.01. The number of nitrogen functional groups attached to an aromatic ring is 1. The van der Waals surface area contributed by atoms with Gasteiger partial charge in [-0.05, 0) is 25.1 Å². The maximum Gasteiger partial charge on any atom is 0.244 e. The van der Waals surface area contributed by atoms with Gasteiger partial charge in [0.1, 0.15) is 10.6 Å². The van der Waals surface area contributed by atoms with Gasteiger partial charge in [-0.3, -0.25) is 0 Å². The number of anilines is 1. The van der Waals surface area contributed by atoms with E-state index in [1.54, 1.807) is 13.0 Å². The number of sulfonamides is 1. The number of benzene rings is 1. The van der Waals surface area contributed by atoms with Gasteiger partial charge in [0, 0.05) is 17.3 Å². The van der Waals surface area contributed by atoms with Gasteiger partial charge in [0.2, 0.25) is 10.0 Å². The molecule has 0 atom stereocenters. The summed E-state index contributed by atoms with van der Waals surface area (Å²) in [5.74, 6) is 0.249. The summed E-state index contributed by atoms with van der Waals surface area (Å²) in [5, 5.41) is 0.195. The lowest BCUT2D eigenvalue weighted by Gasteiger charge is -2.12. The fourth-order valence-electron chi connectivity index (χ4n) is 1.26. The van der Waals surface area contributed by atoms with E-state index in [1.807, 2.05) is 0 Å². The molecule has 0 saturated heterocycles. The zero-order valence-electron chi connectivity index (χ0n) is 9.94. The van der Waals surface area contributed by atoms with Crippen molar-refractivity contribution in [3.8, 4) is 5.75 Å². The number of ether oxygens (including phenoxy) is 1. The molecule has 0 fully saturated rings. The summed E-state index contributed by atoms with van der Waals surface area (Å²) in [6.45, 7) is 5.48. The molecule has 0 aliphatic carbocycles. The molecule has 0 heterocycles. The summed E-state index contributed by atoms with van der Waals surface area (Å²) >= 11 is 5.53. The largest absolute Gasteiger partial charge is 0.492 e. The highest BCUT2D eigenvalue weighted by Crippen LogP contribution is 2.26. The molecule has 0 bridgehead atoms. The Labute approximate surface area is 112 Å². The van der Waals surface area contributed by atoms with Crippen molar-refractivity contribution in [3.63, 3.8) is 0 Å². The van der Waals surface area contributed by atoms with Gasteiger partial charge in [-0.25, -0.2) is 13.1 Å². The Hall–Kier alpha value is -1.24. The van der Waals surface area contributed by atoms with Crippen LogP contribution in [0.1, 0.15) is 6.92 Å². The van der Waals surface area contributed by atoms with Crippen molar-refractivity contribution in [2.45, 2.75) is 11.8 Å². The van der Waals surface area contributed by atoms with Crippen LogP contribution in [-0.4, -0.2) is 21.6 Å². The SMILES string of the molecule is C=C(Cl)CNS(=O)(=O)c1cc(N)ccc1OCC. The van der Waals surface area contributed by atoms with Gasteiger partial charge in [0.25, 0.3) is 0 Å². The van der Waals surface area contributed by atoms with Crippen LogP contribution in [0.5, 0.6) is 5.75 Å². The fourth-order valence-corrected chi connectivity index (χ4v) is 2.61. The molecule has 100 valence electrons. The first kappa shape index (κ1) is 14.8. The summed E-state index contributed by atoms with van der Waals surface area (Å²) in [6, 6.07) is 4.43. The lowest BCUT2D eigenvalue weighted by Crippen LogP contribution is -2.25. The molecule has 0 amide bonds. The van der Waals surface area contributed by atoms with Crippen LogP contribution in [0.3, 0.4) is 0 Å². The van der Waals surface area contributed by atoms with Gasteiger partial charge in [-0.2, -0.15) is 0 Å². The Morgan fingerprint density at radius 2 is 2.22 bits per heavy atom. The molecule has 0 spiro atoms. The van der Waals surface area contributed by atoms with Crippen LogP contribution in [0, 0.1) is 0 Å². The molecule has 1 aromatic carbocycles. The second kappa shape index (κ2) is 6.08. The number of hydrogen-bond donors (Lipinski definition) is 2. The van der Waals surface area contributed by atoms with E-state index in [0.29, 0.717) is 12.3 Å². The molecule has 7 heteroatoms. The number of hydrogen-bond acceptors (Lipinski definition) is 4. The fraction of sp³-hybridized carbons (Fsp3) is 0.273. The van der Waals surface area contributed by atoms with Crippen LogP contribution in [-0.2, 0) is 10.0 Å². The summed E-state index contributed by atoms with van der Waals surface area (Å²) in [4.78, 5) is -0.0118. The molecule has 0 saturated carbocycles. The summed E-state index contributed by atoms with van der Waals surface area (Å²) in [7, 11) is -3.73. The lowest BCUT2D eigenvalue weighted by molar-refractivity contribution is 0.331. The molecule has 5 nitrogen and oxygen atoms in total. The van der Waals surface area contributed by atoms with Gasteiger partial charge in [0.05, 0.1) is 6.61 Å². The van der Waals surface area contributed by atoms with Gasteiger partial charge >= 0.3 is 0 Å². The molecule has 0 aliphatic rings. The van der Waals surface area contributed by atoms with Gasteiger partial charge in [0.15, 0.2) is 0 Å². The number of nitrogens with one attached hydrogen (secondary N) is 1. The molecule has 3 N–H and O–H groups in total. The van der Waals surface area contributed by atoms with E-state index in [0.717, 1.165) is 0 Å².